The number of carbonyl (C=O) groups is 2. The average molecular weight is 921 g/mol. The van der Waals surface area contributed by atoms with E-state index in [1.54, 1.807) is 0 Å². The molecule has 1 amide bonds. The molecule has 6 nitrogen and oxygen atoms in total. The lowest BCUT2D eigenvalue weighted by Crippen LogP contribution is -2.46. The van der Waals surface area contributed by atoms with E-state index in [1.165, 1.54) is 103 Å². The van der Waals surface area contributed by atoms with Crippen LogP contribution < -0.4 is 5.32 Å². The molecule has 0 aromatic heterocycles. The number of ether oxygens (including phenoxy) is 1. The van der Waals surface area contributed by atoms with Gasteiger partial charge in [0.15, 0.2) is 0 Å². The zero-order chi connectivity index (χ0) is 48.1. The molecule has 0 radical (unpaired) electrons. The molecule has 66 heavy (non-hydrogen) atoms. The van der Waals surface area contributed by atoms with Crippen LogP contribution in [0.2, 0.25) is 0 Å². The minimum atomic E-state index is -0.803. The first kappa shape index (κ1) is 63.0. The van der Waals surface area contributed by atoms with Gasteiger partial charge in [-0.25, -0.2) is 0 Å². The van der Waals surface area contributed by atoms with Crippen LogP contribution in [-0.2, 0) is 14.3 Å². The largest absolute Gasteiger partial charge is 0.462 e. The number of esters is 1. The fourth-order valence-electron chi connectivity index (χ4n) is 8.15. The van der Waals surface area contributed by atoms with Gasteiger partial charge in [-0.05, 0) is 70.6 Å². The summed E-state index contributed by atoms with van der Waals surface area (Å²) in [4.78, 5) is 26.2. The Bertz CT molecular complexity index is 1260. The quantitative estimate of drug-likeness (QED) is 0.0321. The van der Waals surface area contributed by atoms with Gasteiger partial charge in [0.1, 0.15) is 6.10 Å². The summed E-state index contributed by atoms with van der Waals surface area (Å²) in [5.41, 5.74) is 0. The summed E-state index contributed by atoms with van der Waals surface area (Å²) >= 11 is 0. The van der Waals surface area contributed by atoms with Crippen molar-refractivity contribution in [2.24, 2.45) is 0 Å². The number of hydrogen-bond donors (Lipinski definition) is 3. The lowest BCUT2D eigenvalue weighted by atomic mass is 10.0. The first-order chi connectivity index (χ1) is 32.5. The number of carbonyl (C=O) groups excluding carboxylic acids is 2. The van der Waals surface area contributed by atoms with E-state index in [2.05, 4.69) is 111 Å². The van der Waals surface area contributed by atoms with Gasteiger partial charge in [-0.3, -0.25) is 9.59 Å². The Morgan fingerprint density at radius 2 is 0.818 bits per heavy atom. The van der Waals surface area contributed by atoms with Gasteiger partial charge in [0.2, 0.25) is 5.91 Å². The maximum atomic E-state index is 13.2. The first-order valence-electron chi connectivity index (χ1n) is 27.9. The summed E-state index contributed by atoms with van der Waals surface area (Å²) in [6.45, 7) is 6.32. The van der Waals surface area contributed by atoms with Gasteiger partial charge in [-0.15, -0.1) is 0 Å². The van der Waals surface area contributed by atoms with Crippen LogP contribution >= 0.6 is 0 Å². The third kappa shape index (κ3) is 47.5. The number of aliphatic hydroxyl groups excluding tert-OH is 2. The van der Waals surface area contributed by atoms with Crippen molar-refractivity contribution in [2.75, 3.05) is 6.61 Å². The van der Waals surface area contributed by atoms with E-state index < -0.39 is 18.2 Å². The van der Waals surface area contributed by atoms with Crippen molar-refractivity contribution in [3.8, 4) is 0 Å². The first-order valence-corrected chi connectivity index (χ1v) is 27.9. The third-order valence-corrected chi connectivity index (χ3v) is 12.4. The van der Waals surface area contributed by atoms with Gasteiger partial charge in [0.05, 0.1) is 25.2 Å². The molecule has 0 aromatic carbocycles. The summed E-state index contributed by atoms with van der Waals surface area (Å²) in [5, 5.41) is 23.9. The number of aliphatic hydroxyl groups is 2. The Labute approximate surface area is 408 Å². The van der Waals surface area contributed by atoms with Gasteiger partial charge in [-0.1, -0.05) is 260 Å². The van der Waals surface area contributed by atoms with E-state index in [1.807, 2.05) is 0 Å². The molecule has 0 heterocycles. The van der Waals surface area contributed by atoms with Crippen molar-refractivity contribution in [1.82, 2.24) is 5.32 Å². The summed E-state index contributed by atoms with van der Waals surface area (Å²) < 4.78 is 5.93. The number of allylic oxidation sites excluding steroid dienone is 14. The molecule has 0 aliphatic carbocycles. The van der Waals surface area contributed by atoms with E-state index in [9.17, 15) is 19.8 Å². The van der Waals surface area contributed by atoms with Crippen molar-refractivity contribution >= 4 is 11.9 Å². The second-order valence-electron chi connectivity index (χ2n) is 18.8. The Kier molecular flexibility index (Phi) is 50.6. The van der Waals surface area contributed by atoms with Crippen LogP contribution in [0, 0.1) is 0 Å². The van der Waals surface area contributed by atoms with Gasteiger partial charge < -0.3 is 20.3 Å². The van der Waals surface area contributed by atoms with Crippen LogP contribution in [0.25, 0.3) is 0 Å². The molecule has 0 aliphatic heterocycles. The molecule has 0 saturated heterocycles. The van der Waals surface area contributed by atoms with E-state index in [4.69, 9.17) is 4.74 Å². The molecule has 0 aliphatic rings. The summed E-state index contributed by atoms with van der Waals surface area (Å²) in [6.07, 6.45) is 69.2. The van der Waals surface area contributed by atoms with Crippen molar-refractivity contribution in [3.63, 3.8) is 0 Å². The highest BCUT2D eigenvalue weighted by atomic mass is 16.5. The number of nitrogens with one attached hydrogen (secondary N) is 1. The Hall–Kier alpha value is -2.96. The smallest absolute Gasteiger partial charge is 0.306 e. The average Bonchev–Trinajstić information content (AvgIpc) is 3.31. The molecule has 3 atom stereocenters. The van der Waals surface area contributed by atoms with Crippen LogP contribution in [0.1, 0.15) is 258 Å². The fourth-order valence-corrected chi connectivity index (χ4v) is 8.15. The highest BCUT2D eigenvalue weighted by molar-refractivity contribution is 5.77. The number of rotatable bonds is 49. The molecule has 0 aromatic rings. The van der Waals surface area contributed by atoms with Crippen molar-refractivity contribution in [2.45, 2.75) is 277 Å². The normalized spacial score (nSPS) is 13.8. The summed E-state index contributed by atoms with van der Waals surface area (Å²) in [5.74, 6) is -0.521. The van der Waals surface area contributed by atoms with E-state index in [-0.39, 0.29) is 24.9 Å². The zero-order valence-electron chi connectivity index (χ0n) is 43.3. The molecule has 0 fully saturated rings. The third-order valence-electron chi connectivity index (χ3n) is 12.4. The SMILES string of the molecule is CC/C=C/C=C/C=C/CCCCCCCC(CC(=O)NC(CO)C(O)CCCCCCCCCCCCCCCCCC)OC(=O)CCCCCCC/C=C/C=C/C=C/C=C/CCCCC. The molecule has 0 rings (SSSR count). The second kappa shape index (κ2) is 53.0. The second-order valence-corrected chi connectivity index (χ2v) is 18.8. The van der Waals surface area contributed by atoms with Gasteiger partial charge in [0, 0.05) is 6.42 Å². The summed E-state index contributed by atoms with van der Waals surface area (Å²) in [6, 6.07) is -0.718. The molecule has 0 bridgehead atoms. The van der Waals surface area contributed by atoms with Gasteiger partial charge >= 0.3 is 5.97 Å². The van der Waals surface area contributed by atoms with E-state index >= 15 is 0 Å². The van der Waals surface area contributed by atoms with Crippen molar-refractivity contribution in [3.05, 3.63) is 85.1 Å². The monoisotopic (exact) mass is 920 g/mol. The predicted octanol–water partition coefficient (Wildman–Crippen LogP) is 17.1. The van der Waals surface area contributed by atoms with Crippen molar-refractivity contribution < 1.29 is 24.5 Å². The minimum absolute atomic E-state index is 0.0505. The number of unbranched alkanes of at least 4 members (excludes halogenated alkanes) is 28. The topological polar surface area (TPSA) is 95.9 Å². The molecule has 6 heteroatoms. The summed E-state index contributed by atoms with van der Waals surface area (Å²) in [7, 11) is 0. The molecule has 0 saturated carbocycles. The molecule has 3 unspecified atom stereocenters. The maximum absolute atomic E-state index is 13.2. The lowest BCUT2D eigenvalue weighted by Gasteiger charge is -2.24. The van der Waals surface area contributed by atoms with Crippen LogP contribution in [-0.4, -0.2) is 46.9 Å². The molecule has 0 spiro atoms. The molecule has 3 N–H and O–H groups in total. The molecular formula is C60H105NO5. The highest BCUT2D eigenvalue weighted by Gasteiger charge is 2.24. The van der Waals surface area contributed by atoms with Crippen LogP contribution in [0.5, 0.6) is 0 Å². The maximum Gasteiger partial charge on any atom is 0.306 e. The predicted molar refractivity (Wildman–Crippen MR) is 287 cm³/mol. The van der Waals surface area contributed by atoms with Gasteiger partial charge in [0.25, 0.3) is 0 Å². The van der Waals surface area contributed by atoms with Gasteiger partial charge in [-0.2, -0.15) is 0 Å². The van der Waals surface area contributed by atoms with E-state index in [0.29, 0.717) is 19.3 Å². The van der Waals surface area contributed by atoms with Crippen molar-refractivity contribution in [1.29, 1.82) is 0 Å². The lowest BCUT2D eigenvalue weighted by molar-refractivity contribution is -0.151. The highest BCUT2D eigenvalue weighted by Crippen LogP contribution is 2.18. The number of amides is 1. The van der Waals surface area contributed by atoms with Crippen LogP contribution in [0.4, 0.5) is 0 Å². The Morgan fingerprint density at radius 3 is 1.27 bits per heavy atom. The Balaban J connectivity index is 4.61. The van der Waals surface area contributed by atoms with Crippen LogP contribution in [0.3, 0.4) is 0 Å². The standard InChI is InChI=1S/C60H105NO5/c1-4-7-10-13-16-19-22-25-27-29-30-32-35-38-41-44-47-50-53-60(65)66-56(51-48-45-42-39-36-33-24-21-18-15-12-9-6-3)54-59(64)61-57(55-62)58(63)52-49-46-43-40-37-34-31-28-26-23-20-17-14-11-8-5-2/h9,12,15-16,18-19,21-22,24-25,27,29-30,32,56-58,62-63H,4-8,10-11,13-14,17,20,23,26,28,31,33-55H2,1-3H3,(H,61,64)/b12-9+,18-15+,19-16+,24-21+,25-22+,29-27+,32-30+. The number of hydrogen-bond acceptors (Lipinski definition) is 5. The zero-order valence-corrected chi connectivity index (χ0v) is 43.3. The Morgan fingerprint density at radius 1 is 0.455 bits per heavy atom. The molecule has 380 valence electrons. The fraction of sp³-hybridized carbons (Fsp3) is 0.733. The molecular weight excluding hydrogens is 815 g/mol. The van der Waals surface area contributed by atoms with Crippen LogP contribution in [0.15, 0.2) is 85.1 Å². The minimum Gasteiger partial charge on any atom is -0.462 e. The van der Waals surface area contributed by atoms with E-state index in [0.717, 1.165) is 109 Å².